The summed E-state index contributed by atoms with van der Waals surface area (Å²) >= 11 is 0. The van der Waals surface area contributed by atoms with Gasteiger partial charge in [0.1, 0.15) is 6.07 Å². The lowest BCUT2D eigenvalue weighted by atomic mass is 10.2. The van der Waals surface area contributed by atoms with Gasteiger partial charge in [-0.25, -0.2) is 9.48 Å². The maximum absolute atomic E-state index is 12.1. The summed E-state index contributed by atoms with van der Waals surface area (Å²) in [7, 11) is 0. The lowest BCUT2D eigenvalue weighted by molar-refractivity contribution is 0.0499. The Morgan fingerprint density at radius 3 is 3.00 bits per heavy atom. The number of benzene rings is 1. The van der Waals surface area contributed by atoms with E-state index < -0.39 is 0 Å². The van der Waals surface area contributed by atoms with Crippen molar-refractivity contribution in [3.05, 3.63) is 41.2 Å². The summed E-state index contributed by atoms with van der Waals surface area (Å²) in [6.07, 6.45) is 3.92. The smallest absolute Gasteiger partial charge is 0.338 e. The number of nitrogens with zero attached hydrogens (tertiary/aromatic N) is 4. The SMILES string of the molecule is CCCCOC(=O)c1cccc(-n2nnc(C#N)c2C2CC2)c1. The predicted molar refractivity (Wildman–Crippen MR) is 83.2 cm³/mol. The minimum absolute atomic E-state index is 0.333. The normalized spacial score (nSPS) is 13.6. The van der Waals surface area contributed by atoms with Crippen LogP contribution in [0.2, 0.25) is 0 Å². The monoisotopic (exact) mass is 310 g/mol. The second kappa shape index (κ2) is 6.61. The van der Waals surface area contributed by atoms with E-state index in [1.807, 2.05) is 13.0 Å². The summed E-state index contributed by atoms with van der Waals surface area (Å²) < 4.78 is 6.90. The molecular weight excluding hydrogens is 292 g/mol. The number of carbonyl (C=O) groups is 1. The Morgan fingerprint density at radius 2 is 2.30 bits per heavy atom. The highest BCUT2D eigenvalue weighted by atomic mass is 16.5. The van der Waals surface area contributed by atoms with E-state index in [0.717, 1.165) is 37.1 Å². The van der Waals surface area contributed by atoms with Crippen molar-refractivity contribution < 1.29 is 9.53 Å². The summed E-state index contributed by atoms with van der Waals surface area (Å²) in [4.78, 5) is 12.1. The molecule has 118 valence electrons. The molecule has 3 rings (SSSR count). The zero-order chi connectivity index (χ0) is 16.2. The first-order chi connectivity index (χ1) is 11.2. The fourth-order valence-corrected chi connectivity index (χ4v) is 2.44. The molecule has 6 heteroatoms. The third kappa shape index (κ3) is 3.24. The van der Waals surface area contributed by atoms with Crippen molar-refractivity contribution in [2.45, 2.75) is 38.5 Å². The van der Waals surface area contributed by atoms with Gasteiger partial charge in [-0.2, -0.15) is 5.26 Å². The molecule has 0 bridgehead atoms. The van der Waals surface area contributed by atoms with E-state index >= 15 is 0 Å². The van der Waals surface area contributed by atoms with Gasteiger partial charge in [-0.05, 0) is 37.5 Å². The van der Waals surface area contributed by atoms with Crippen LogP contribution in [0.1, 0.15) is 60.3 Å². The van der Waals surface area contributed by atoms with Gasteiger partial charge in [-0.15, -0.1) is 5.10 Å². The number of ether oxygens (including phenoxy) is 1. The zero-order valence-corrected chi connectivity index (χ0v) is 13.0. The van der Waals surface area contributed by atoms with E-state index in [9.17, 15) is 10.1 Å². The van der Waals surface area contributed by atoms with E-state index in [1.165, 1.54) is 0 Å². The van der Waals surface area contributed by atoms with Gasteiger partial charge in [0, 0.05) is 5.92 Å². The molecule has 23 heavy (non-hydrogen) atoms. The lowest BCUT2D eigenvalue weighted by Crippen LogP contribution is -2.08. The second-order valence-corrected chi connectivity index (χ2v) is 5.66. The van der Waals surface area contributed by atoms with Crippen LogP contribution >= 0.6 is 0 Å². The minimum atomic E-state index is -0.339. The predicted octanol–water partition coefficient (Wildman–Crippen LogP) is 2.97. The molecule has 1 aliphatic rings. The molecule has 0 amide bonds. The second-order valence-electron chi connectivity index (χ2n) is 5.66. The summed E-state index contributed by atoms with van der Waals surface area (Å²) in [5.41, 5.74) is 2.41. The average Bonchev–Trinajstić information content (AvgIpc) is 3.33. The molecular formula is C17H18N4O2. The summed E-state index contributed by atoms with van der Waals surface area (Å²) in [5.74, 6) is -0.00583. The van der Waals surface area contributed by atoms with Crippen LogP contribution in [0.5, 0.6) is 0 Å². The van der Waals surface area contributed by atoms with Crippen LogP contribution in [0.4, 0.5) is 0 Å². The lowest BCUT2D eigenvalue weighted by Gasteiger charge is -2.08. The van der Waals surface area contributed by atoms with Crippen molar-refractivity contribution >= 4 is 5.97 Å². The van der Waals surface area contributed by atoms with Gasteiger partial charge in [0.15, 0.2) is 5.69 Å². The Hall–Kier alpha value is -2.68. The van der Waals surface area contributed by atoms with Gasteiger partial charge < -0.3 is 4.74 Å². The molecule has 0 atom stereocenters. The highest BCUT2D eigenvalue weighted by Crippen LogP contribution is 2.41. The molecule has 0 radical (unpaired) electrons. The molecule has 0 spiro atoms. The largest absolute Gasteiger partial charge is 0.462 e. The molecule has 6 nitrogen and oxygen atoms in total. The molecule has 0 N–H and O–H groups in total. The first-order valence-corrected chi connectivity index (χ1v) is 7.87. The Labute approximate surface area is 134 Å². The fourth-order valence-electron chi connectivity index (χ4n) is 2.44. The average molecular weight is 310 g/mol. The molecule has 1 saturated carbocycles. The third-order valence-corrected chi connectivity index (χ3v) is 3.83. The molecule has 1 aliphatic carbocycles. The molecule has 0 saturated heterocycles. The number of hydrogen-bond donors (Lipinski definition) is 0. The quantitative estimate of drug-likeness (QED) is 0.605. The molecule has 2 aromatic rings. The van der Waals surface area contributed by atoms with Gasteiger partial charge in [0.2, 0.25) is 0 Å². The van der Waals surface area contributed by atoms with Gasteiger partial charge in [0.25, 0.3) is 0 Å². The van der Waals surface area contributed by atoms with Gasteiger partial charge >= 0.3 is 5.97 Å². The van der Waals surface area contributed by atoms with Gasteiger partial charge in [-0.1, -0.05) is 24.6 Å². The Balaban J connectivity index is 1.87. The summed E-state index contributed by atoms with van der Waals surface area (Å²) in [6.45, 7) is 2.47. The van der Waals surface area contributed by atoms with E-state index in [-0.39, 0.29) is 5.97 Å². The summed E-state index contributed by atoms with van der Waals surface area (Å²) in [5, 5.41) is 17.2. The van der Waals surface area contributed by atoms with E-state index in [4.69, 9.17) is 4.74 Å². The molecule has 1 heterocycles. The van der Waals surface area contributed by atoms with Crippen molar-refractivity contribution in [3.8, 4) is 11.8 Å². The van der Waals surface area contributed by atoms with E-state index in [2.05, 4.69) is 16.4 Å². The first-order valence-electron chi connectivity index (χ1n) is 7.87. The van der Waals surface area contributed by atoms with E-state index in [1.54, 1.807) is 22.9 Å². The fraction of sp³-hybridized carbons (Fsp3) is 0.412. The van der Waals surface area contributed by atoms with E-state index in [0.29, 0.717) is 23.8 Å². The minimum Gasteiger partial charge on any atom is -0.462 e. The Morgan fingerprint density at radius 1 is 1.48 bits per heavy atom. The highest BCUT2D eigenvalue weighted by Gasteiger charge is 2.32. The van der Waals surface area contributed by atoms with Crippen molar-refractivity contribution in [1.82, 2.24) is 15.0 Å². The molecule has 1 aromatic carbocycles. The number of aromatic nitrogens is 3. The maximum Gasteiger partial charge on any atom is 0.338 e. The number of nitriles is 1. The van der Waals surface area contributed by atoms with Crippen molar-refractivity contribution in [2.75, 3.05) is 6.61 Å². The van der Waals surface area contributed by atoms with Crippen molar-refractivity contribution in [1.29, 1.82) is 5.26 Å². The van der Waals surface area contributed by atoms with Crippen LogP contribution in [0.25, 0.3) is 5.69 Å². The number of unbranched alkanes of at least 4 members (excludes halogenated alkanes) is 1. The van der Waals surface area contributed by atoms with Crippen LogP contribution in [0, 0.1) is 11.3 Å². The van der Waals surface area contributed by atoms with Crippen molar-refractivity contribution in [3.63, 3.8) is 0 Å². The van der Waals surface area contributed by atoms with Crippen LogP contribution < -0.4 is 0 Å². The van der Waals surface area contributed by atoms with Gasteiger partial charge in [0.05, 0.1) is 23.6 Å². The number of rotatable bonds is 6. The molecule has 1 aromatic heterocycles. The molecule has 1 fully saturated rings. The van der Waals surface area contributed by atoms with Crippen LogP contribution in [0.15, 0.2) is 24.3 Å². The van der Waals surface area contributed by atoms with Crippen LogP contribution in [-0.2, 0) is 4.74 Å². The maximum atomic E-state index is 12.1. The number of hydrogen-bond acceptors (Lipinski definition) is 5. The number of carbonyl (C=O) groups excluding carboxylic acids is 1. The van der Waals surface area contributed by atoms with Crippen molar-refractivity contribution in [2.24, 2.45) is 0 Å². The number of esters is 1. The molecule has 0 unspecified atom stereocenters. The highest BCUT2D eigenvalue weighted by molar-refractivity contribution is 5.90. The zero-order valence-electron chi connectivity index (χ0n) is 13.0. The Kier molecular flexibility index (Phi) is 4.38. The van der Waals surface area contributed by atoms with Crippen LogP contribution in [-0.4, -0.2) is 27.6 Å². The van der Waals surface area contributed by atoms with Gasteiger partial charge in [-0.3, -0.25) is 0 Å². The first kappa shape index (κ1) is 15.2. The Bertz CT molecular complexity index is 756. The third-order valence-electron chi connectivity index (χ3n) is 3.83. The topological polar surface area (TPSA) is 80.8 Å². The van der Waals surface area contributed by atoms with Crippen LogP contribution in [0.3, 0.4) is 0 Å². The summed E-state index contributed by atoms with van der Waals surface area (Å²) in [6, 6.07) is 9.18. The standard InChI is InChI=1S/C17H18N4O2/c1-2-3-9-23-17(22)13-5-4-6-14(10-13)21-16(12-7-8-12)15(11-18)19-20-21/h4-6,10,12H,2-3,7-9H2,1H3. The molecule has 0 aliphatic heterocycles.